The van der Waals surface area contributed by atoms with Gasteiger partial charge in [-0.05, 0) is 77.0 Å². The quantitative estimate of drug-likeness (QED) is 0.0855. The van der Waals surface area contributed by atoms with Crippen molar-refractivity contribution in [2.75, 3.05) is 19.8 Å². The van der Waals surface area contributed by atoms with E-state index >= 15 is 0 Å². The summed E-state index contributed by atoms with van der Waals surface area (Å²) in [7, 11) is 0. The van der Waals surface area contributed by atoms with Crippen molar-refractivity contribution >= 4 is 29.8 Å². The van der Waals surface area contributed by atoms with Crippen LogP contribution >= 0.6 is 0 Å². The predicted molar refractivity (Wildman–Crippen MR) is 195 cm³/mol. The minimum atomic E-state index is -1.60. The van der Waals surface area contributed by atoms with Crippen molar-refractivity contribution in [3.8, 4) is 0 Å². The van der Waals surface area contributed by atoms with Gasteiger partial charge in [0.2, 0.25) is 11.8 Å². The molecule has 0 radical (unpaired) electrons. The predicted octanol–water partition coefficient (Wildman–Crippen LogP) is 1.23. The molecule has 16 nitrogen and oxygen atoms in total. The van der Waals surface area contributed by atoms with Gasteiger partial charge in [-0.25, -0.2) is 0 Å². The zero-order chi connectivity index (χ0) is 40.0. The molecule has 0 aromatic heterocycles. The zero-order valence-corrected chi connectivity index (χ0v) is 32.4. The second-order valence-corrected chi connectivity index (χ2v) is 17.0. The van der Waals surface area contributed by atoms with E-state index in [2.05, 4.69) is 10.6 Å². The molecule has 0 spiro atoms. The first-order valence-electron chi connectivity index (χ1n) is 19.8. The molecular weight excluding hydrogens is 730 g/mol. The lowest BCUT2D eigenvalue weighted by Crippen LogP contribution is -2.71. The van der Waals surface area contributed by atoms with Crippen LogP contribution in [0.4, 0.5) is 0 Å². The molecule has 3 aliphatic heterocycles. The summed E-state index contributed by atoms with van der Waals surface area (Å²) in [5.74, 6) is -3.11. The maximum atomic E-state index is 14.9. The third kappa shape index (κ3) is 8.06. The third-order valence-electron chi connectivity index (χ3n) is 11.5. The van der Waals surface area contributed by atoms with Gasteiger partial charge in [0, 0.05) is 24.7 Å². The molecule has 5 N–H and O–H groups in total. The molecule has 1 aromatic rings. The maximum Gasteiger partial charge on any atom is 0.327 e. The Labute approximate surface area is 326 Å². The molecule has 3 saturated carbocycles. The fourth-order valence-electron chi connectivity index (χ4n) is 8.69. The highest BCUT2D eigenvalue weighted by Gasteiger charge is 2.78. The van der Waals surface area contributed by atoms with Crippen molar-refractivity contribution in [1.82, 2.24) is 15.7 Å². The van der Waals surface area contributed by atoms with Gasteiger partial charge in [-0.1, -0.05) is 24.3 Å². The van der Waals surface area contributed by atoms with Gasteiger partial charge in [-0.15, -0.1) is 0 Å². The molecule has 308 valence electrons. The topological polar surface area (TPSA) is 212 Å². The van der Waals surface area contributed by atoms with Crippen molar-refractivity contribution in [3.05, 3.63) is 41.7 Å². The van der Waals surface area contributed by atoms with Crippen LogP contribution < -0.4 is 10.6 Å². The minimum Gasteiger partial charge on any atom is -0.499 e. The molecule has 6 fully saturated rings. The monoisotopic (exact) mass is 785 g/mol. The smallest absolute Gasteiger partial charge is 0.327 e. The van der Waals surface area contributed by atoms with Crippen LogP contribution in [0, 0.1) is 17.3 Å². The van der Waals surface area contributed by atoms with Gasteiger partial charge in [0.1, 0.15) is 48.1 Å². The van der Waals surface area contributed by atoms with Crippen LogP contribution in [-0.2, 0) is 54.2 Å². The highest BCUT2D eigenvalue weighted by atomic mass is 16.8. The molecule has 16 heteroatoms. The molecule has 2 amide bonds. The number of rotatable bonds is 17. The van der Waals surface area contributed by atoms with Crippen LogP contribution in [0.2, 0.25) is 0 Å². The lowest BCUT2D eigenvalue weighted by molar-refractivity contribution is -0.235. The Balaban J connectivity index is 1.14. The Kier molecular flexibility index (Phi) is 11.6. The summed E-state index contributed by atoms with van der Waals surface area (Å²) in [6.45, 7) is 6.25. The van der Waals surface area contributed by atoms with Crippen LogP contribution in [0.3, 0.4) is 0 Å². The molecular formula is C40H55N3O13. The number of aliphatic hydroxyl groups excluding tert-OH is 3. The summed E-state index contributed by atoms with van der Waals surface area (Å²) in [4.78, 5) is 61.8. The number of carbonyl (C=O) groups is 4. The average Bonchev–Trinajstić information content (AvgIpc) is 4.09. The molecule has 7 rings (SSSR count). The Hall–Kier alpha value is -3.64. The zero-order valence-electron chi connectivity index (χ0n) is 32.4. The van der Waals surface area contributed by atoms with Gasteiger partial charge in [-0.2, -0.15) is 5.06 Å². The lowest BCUT2D eigenvalue weighted by Gasteiger charge is -2.49. The van der Waals surface area contributed by atoms with Gasteiger partial charge in [0.05, 0.1) is 38.2 Å². The lowest BCUT2D eigenvalue weighted by atomic mass is 9.62. The fraction of sp³-hybridized carbons (Fsp3) is 0.700. The van der Waals surface area contributed by atoms with Crippen molar-refractivity contribution in [2.45, 2.75) is 139 Å². The Bertz CT molecular complexity index is 1640. The SMILES string of the molecule is C[C@H](O)[C@@H](NC(=O)[C@@]12C[C@H]3OC(=O)[C@@H]1N(Cc1ccc(C=COCCO)cc1)O[C@@H]2[C@H]1OC(C2CC2)(C2CC2)O[C@H]13)C(=O)N[C@H](CO)CCC(=O)OC(C)(C)C. The number of esters is 2. The number of hydrogen-bond acceptors (Lipinski definition) is 14. The first-order valence-corrected chi connectivity index (χ1v) is 19.8. The van der Waals surface area contributed by atoms with Crippen molar-refractivity contribution in [2.24, 2.45) is 17.3 Å². The van der Waals surface area contributed by atoms with Crippen LogP contribution in [0.1, 0.15) is 83.8 Å². The molecule has 1 aromatic carbocycles. The van der Waals surface area contributed by atoms with E-state index in [9.17, 15) is 29.4 Å². The minimum absolute atomic E-state index is 0.0349. The fourth-order valence-corrected chi connectivity index (χ4v) is 8.69. The van der Waals surface area contributed by atoms with Crippen LogP contribution in [-0.4, -0.2) is 124 Å². The van der Waals surface area contributed by atoms with E-state index in [1.54, 1.807) is 26.8 Å². The summed E-state index contributed by atoms with van der Waals surface area (Å²) < 4.78 is 30.3. The van der Waals surface area contributed by atoms with Gasteiger partial charge < -0.3 is 49.6 Å². The van der Waals surface area contributed by atoms with E-state index in [-0.39, 0.29) is 50.9 Å². The van der Waals surface area contributed by atoms with E-state index in [0.29, 0.717) is 0 Å². The number of hydroxylamine groups is 2. The number of nitrogens with zero attached hydrogens (tertiary/aromatic N) is 1. The maximum absolute atomic E-state index is 14.9. The summed E-state index contributed by atoms with van der Waals surface area (Å²) in [5, 5.41) is 36.8. The molecule has 56 heavy (non-hydrogen) atoms. The number of fused-ring (bicyclic) bond motifs is 4. The highest BCUT2D eigenvalue weighted by Crippen LogP contribution is 2.63. The number of ether oxygens (including phenoxy) is 5. The second kappa shape index (κ2) is 16.0. The van der Waals surface area contributed by atoms with Gasteiger partial charge in [-0.3, -0.25) is 24.0 Å². The first-order chi connectivity index (χ1) is 26.7. The summed E-state index contributed by atoms with van der Waals surface area (Å²) >= 11 is 0. The Morgan fingerprint density at radius 2 is 1.71 bits per heavy atom. The molecule has 6 aliphatic rings. The number of amides is 2. The normalized spacial score (nSPS) is 30.9. The van der Waals surface area contributed by atoms with Crippen LogP contribution in [0.25, 0.3) is 6.08 Å². The third-order valence-corrected chi connectivity index (χ3v) is 11.5. The van der Waals surface area contributed by atoms with E-state index in [0.717, 1.165) is 36.8 Å². The second-order valence-electron chi connectivity index (χ2n) is 17.0. The number of benzene rings is 1. The first kappa shape index (κ1) is 40.6. The molecule has 3 aliphatic carbocycles. The molecule has 0 unspecified atom stereocenters. The van der Waals surface area contributed by atoms with Crippen LogP contribution in [0.5, 0.6) is 0 Å². The van der Waals surface area contributed by atoms with E-state index in [4.69, 9.17) is 33.6 Å². The van der Waals surface area contributed by atoms with Crippen LogP contribution in [0.15, 0.2) is 30.5 Å². The highest BCUT2D eigenvalue weighted by molar-refractivity contribution is 5.96. The van der Waals surface area contributed by atoms with Crippen molar-refractivity contribution in [1.29, 1.82) is 0 Å². The van der Waals surface area contributed by atoms with Crippen molar-refractivity contribution in [3.63, 3.8) is 0 Å². The molecule has 3 heterocycles. The van der Waals surface area contributed by atoms with Gasteiger partial charge >= 0.3 is 11.9 Å². The number of nitrogens with one attached hydrogen (secondary N) is 2. The summed E-state index contributed by atoms with van der Waals surface area (Å²) in [6, 6.07) is 3.84. The number of hydrogen-bond donors (Lipinski definition) is 5. The van der Waals surface area contributed by atoms with E-state index < -0.39 is 95.8 Å². The average molecular weight is 786 g/mol. The molecule has 2 bridgehead atoms. The number of carbonyl (C=O) groups excluding carboxylic acids is 4. The van der Waals surface area contributed by atoms with Gasteiger partial charge in [0.25, 0.3) is 0 Å². The standard InChI is InChI=1S/C40H55N3O13/c1-22(46)30(35(48)41-27(21-45)13-14-29(47)53-38(2,3)4)42-37(50)39-19-28-31-32(55-40(54-31,25-9-10-25)26-11-12-26)34(39)56-43(33(39)36(49)52-28)20-24-7-5-23(6-8-24)15-17-51-18-16-44/h5-8,15,17,22,25-28,30-34,44-46H,9-14,16,18-21H2,1-4H3,(H,41,48)(H,42,50)/t22-,27-,28+,30+,31-,32-,33-,34+,39-/m0/s1. The van der Waals surface area contributed by atoms with Crippen molar-refractivity contribution < 1.29 is 63.0 Å². The number of aliphatic hydroxyl groups is 3. The molecule has 3 saturated heterocycles. The largest absolute Gasteiger partial charge is 0.499 e. The summed E-state index contributed by atoms with van der Waals surface area (Å²) in [5.41, 5.74) is -0.688. The molecule has 9 atom stereocenters. The Morgan fingerprint density at radius 3 is 2.32 bits per heavy atom. The summed E-state index contributed by atoms with van der Waals surface area (Å²) in [6.07, 6.45) is 2.41. The van der Waals surface area contributed by atoms with E-state index in [1.165, 1.54) is 18.2 Å². The van der Waals surface area contributed by atoms with E-state index in [1.807, 2.05) is 24.3 Å². The Morgan fingerprint density at radius 1 is 1.04 bits per heavy atom. The van der Waals surface area contributed by atoms with Gasteiger partial charge in [0.15, 0.2) is 11.8 Å².